The van der Waals surface area contributed by atoms with Crippen LogP contribution in [0.4, 0.5) is 11.4 Å². The van der Waals surface area contributed by atoms with E-state index in [-0.39, 0.29) is 19.2 Å². The van der Waals surface area contributed by atoms with E-state index < -0.39 is 0 Å². The SMILES string of the molecule is CC1(C)c2ccccc2Oc2c(-c3cccc(B4N(c5ccccc5)C=CB(c5ccccc5)N4c4ccccc4)c3)cccc21. The molecule has 2 aliphatic rings. The third-order valence-electron chi connectivity index (χ3n) is 9.46. The molecule has 6 aromatic carbocycles. The number of hydrogen-bond acceptors (Lipinski definition) is 3. The molecule has 0 spiro atoms. The van der Waals surface area contributed by atoms with E-state index >= 15 is 0 Å². The first-order valence-corrected chi connectivity index (χ1v) is 16.0. The largest absolute Gasteiger partial charge is 0.456 e. The first-order chi connectivity index (χ1) is 22.6. The topological polar surface area (TPSA) is 15.7 Å². The van der Waals surface area contributed by atoms with Crippen LogP contribution in [-0.4, -0.2) is 13.8 Å². The molecule has 0 bridgehead atoms. The molecule has 0 fully saturated rings. The van der Waals surface area contributed by atoms with Crippen LogP contribution < -0.4 is 25.2 Å². The van der Waals surface area contributed by atoms with Gasteiger partial charge in [0.2, 0.25) is 0 Å². The quantitative estimate of drug-likeness (QED) is 0.187. The zero-order valence-corrected chi connectivity index (χ0v) is 26.1. The lowest BCUT2D eigenvalue weighted by molar-refractivity contribution is 0.419. The van der Waals surface area contributed by atoms with Crippen LogP contribution in [0.5, 0.6) is 11.5 Å². The number of ether oxygens (including phenoxy) is 1. The number of anilines is 2. The van der Waals surface area contributed by atoms with Crippen LogP contribution in [0.1, 0.15) is 25.0 Å². The van der Waals surface area contributed by atoms with E-state index in [0.717, 1.165) is 34.0 Å². The monoisotopic (exact) mass is 592 g/mol. The first kappa shape index (κ1) is 28.1. The van der Waals surface area contributed by atoms with Gasteiger partial charge in [0.05, 0.1) is 0 Å². The lowest BCUT2D eigenvalue weighted by Gasteiger charge is -2.44. The average Bonchev–Trinajstić information content (AvgIpc) is 3.12. The van der Waals surface area contributed by atoms with Gasteiger partial charge < -0.3 is 14.3 Å². The molecule has 0 aliphatic carbocycles. The van der Waals surface area contributed by atoms with Crippen molar-refractivity contribution in [1.82, 2.24) is 0 Å². The van der Waals surface area contributed by atoms with Gasteiger partial charge in [0.25, 0.3) is 0 Å². The molecule has 0 saturated heterocycles. The number of para-hydroxylation sites is 4. The molecular weight excluding hydrogens is 558 g/mol. The molecule has 0 saturated carbocycles. The van der Waals surface area contributed by atoms with Crippen LogP contribution in [0.2, 0.25) is 0 Å². The summed E-state index contributed by atoms with van der Waals surface area (Å²) in [4.78, 5) is 2.39. The summed E-state index contributed by atoms with van der Waals surface area (Å²) in [5, 5.41) is 0. The van der Waals surface area contributed by atoms with Crippen LogP contribution in [0.25, 0.3) is 11.1 Å². The predicted molar refractivity (Wildman–Crippen MR) is 195 cm³/mol. The van der Waals surface area contributed by atoms with E-state index in [1.807, 2.05) is 0 Å². The van der Waals surface area contributed by atoms with Crippen LogP contribution in [0.15, 0.2) is 170 Å². The van der Waals surface area contributed by atoms with Gasteiger partial charge in [-0.1, -0.05) is 153 Å². The van der Waals surface area contributed by atoms with E-state index in [4.69, 9.17) is 4.74 Å². The van der Waals surface area contributed by atoms with Crippen LogP contribution in [-0.2, 0) is 5.41 Å². The molecule has 0 atom stereocenters. The summed E-state index contributed by atoms with van der Waals surface area (Å²) in [6.07, 6.45) is 2.26. The minimum absolute atomic E-state index is 0.0438. The van der Waals surface area contributed by atoms with E-state index in [2.05, 4.69) is 193 Å². The molecule has 220 valence electrons. The number of benzene rings is 6. The second kappa shape index (κ2) is 11.5. The molecule has 8 rings (SSSR count). The van der Waals surface area contributed by atoms with E-state index in [0.29, 0.717) is 0 Å². The maximum Gasteiger partial charge on any atom is 0.403 e. The van der Waals surface area contributed by atoms with E-state index in [1.165, 1.54) is 22.1 Å². The molecule has 0 amide bonds. The van der Waals surface area contributed by atoms with Gasteiger partial charge in [-0.2, -0.15) is 0 Å². The number of rotatable bonds is 5. The number of nitrogens with zero attached hydrogens (tertiary/aromatic N) is 2. The minimum atomic E-state index is -0.177. The van der Waals surface area contributed by atoms with E-state index in [9.17, 15) is 0 Å². The summed E-state index contributed by atoms with van der Waals surface area (Å²) in [7, 11) is 0. The van der Waals surface area contributed by atoms with Crippen molar-refractivity contribution in [2.75, 3.05) is 9.53 Å². The summed E-state index contributed by atoms with van der Waals surface area (Å²) in [5.41, 5.74) is 9.23. The fraction of sp³-hybridized carbons (Fsp3) is 0.0732. The van der Waals surface area contributed by atoms with Crippen LogP contribution in [0.3, 0.4) is 0 Å². The molecule has 6 aromatic rings. The van der Waals surface area contributed by atoms with Crippen molar-refractivity contribution in [2.45, 2.75) is 19.3 Å². The van der Waals surface area contributed by atoms with Gasteiger partial charge in [-0.3, -0.25) is 0 Å². The van der Waals surface area contributed by atoms with Crippen molar-refractivity contribution in [2.24, 2.45) is 0 Å². The Morgan fingerprint density at radius 3 is 1.93 bits per heavy atom. The maximum absolute atomic E-state index is 6.71. The Morgan fingerprint density at radius 1 is 0.565 bits per heavy atom. The van der Waals surface area contributed by atoms with Crippen molar-refractivity contribution in [3.8, 4) is 22.6 Å². The van der Waals surface area contributed by atoms with Gasteiger partial charge >= 0.3 is 13.8 Å². The zero-order chi connectivity index (χ0) is 31.1. The normalized spacial score (nSPS) is 14.8. The van der Waals surface area contributed by atoms with Crippen molar-refractivity contribution in [3.05, 3.63) is 181 Å². The molecule has 2 heterocycles. The Bertz CT molecular complexity index is 2030. The minimum Gasteiger partial charge on any atom is -0.456 e. The maximum atomic E-state index is 6.71. The summed E-state index contributed by atoms with van der Waals surface area (Å²) in [6.45, 7) is 4.52. The fourth-order valence-electron chi connectivity index (χ4n) is 7.17. The Morgan fingerprint density at radius 2 is 1.17 bits per heavy atom. The summed E-state index contributed by atoms with van der Waals surface area (Å²) in [6, 6.07) is 56.3. The van der Waals surface area contributed by atoms with Crippen molar-refractivity contribution < 1.29 is 4.74 Å². The van der Waals surface area contributed by atoms with Crippen molar-refractivity contribution in [1.29, 1.82) is 0 Å². The Kier molecular flexibility index (Phi) is 7.02. The summed E-state index contributed by atoms with van der Waals surface area (Å²) < 4.78 is 9.25. The highest BCUT2D eigenvalue weighted by molar-refractivity contribution is 6.99. The van der Waals surface area contributed by atoms with Gasteiger partial charge in [0, 0.05) is 33.5 Å². The molecule has 0 unspecified atom stereocenters. The lowest BCUT2D eigenvalue weighted by atomic mass is 9.43. The lowest BCUT2D eigenvalue weighted by Crippen LogP contribution is -2.68. The van der Waals surface area contributed by atoms with Crippen molar-refractivity contribution in [3.63, 3.8) is 0 Å². The van der Waals surface area contributed by atoms with Gasteiger partial charge in [0.15, 0.2) is 0 Å². The summed E-state index contributed by atoms with van der Waals surface area (Å²) >= 11 is 0. The zero-order valence-electron chi connectivity index (χ0n) is 26.1. The Hall–Kier alpha value is -5.41. The van der Waals surface area contributed by atoms with Gasteiger partial charge in [-0.25, -0.2) is 0 Å². The predicted octanol–water partition coefficient (Wildman–Crippen LogP) is 8.46. The Balaban J connectivity index is 1.30. The molecule has 0 radical (unpaired) electrons. The number of fused-ring (bicyclic) bond motifs is 2. The van der Waals surface area contributed by atoms with Gasteiger partial charge in [-0.05, 0) is 47.6 Å². The third-order valence-corrected chi connectivity index (χ3v) is 9.46. The third kappa shape index (κ3) is 4.80. The molecule has 46 heavy (non-hydrogen) atoms. The smallest absolute Gasteiger partial charge is 0.403 e. The fourth-order valence-corrected chi connectivity index (χ4v) is 7.17. The van der Waals surface area contributed by atoms with Gasteiger partial charge in [0.1, 0.15) is 11.5 Å². The van der Waals surface area contributed by atoms with Crippen LogP contribution >= 0.6 is 0 Å². The standard InChI is InChI=1S/C41H34B2N2O/c1-41(2)37-25-12-13-27-39(37)46-40-36(24-15-26-38(40)41)31-16-14-19-33(30-31)43-44(34-20-8-4-9-21-34)29-28-42(32-17-6-3-7-18-32)45(43)35-22-10-5-11-23-35/h3-30H,1-2H3. The van der Waals surface area contributed by atoms with Gasteiger partial charge in [-0.15, -0.1) is 0 Å². The number of hydrogen-bond donors (Lipinski definition) is 0. The highest BCUT2D eigenvalue weighted by atomic mass is 16.5. The second-order valence-corrected chi connectivity index (χ2v) is 12.6. The molecule has 2 aliphatic heterocycles. The second-order valence-electron chi connectivity index (χ2n) is 12.6. The molecule has 5 heteroatoms. The molecule has 0 N–H and O–H groups in total. The molecular formula is C41H34B2N2O. The molecule has 3 nitrogen and oxygen atoms in total. The first-order valence-electron chi connectivity index (χ1n) is 16.0. The average molecular weight is 592 g/mol. The van der Waals surface area contributed by atoms with Crippen LogP contribution in [0, 0.1) is 0 Å². The highest BCUT2D eigenvalue weighted by Gasteiger charge is 2.42. The van der Waals surface area contributed by atoms with E-state index in [1.54, 1.807) is 0 Å². The molecule has 0 aromatic heterocycles. The summed E-state index contributed by atoms with van der Waals surface area (Å²) in [5.74, 6) is 4.18. The highest BCUT2D eigenvalue weighted by Crippen LogP contribution is 2.51. The van der Waals surface area contributed by atoms with Crippen molar-refractivity contribution >= 4 is 36.1 Å². The Labute approximate surface area is 272 Å².